The molecule has 0 aromatic heterocycles. The van der Waals surface area contributed by atoms with Gasteiger partial charge in [-0.2, -0.15) is 0 Å². The Hall–Kier alpha value is -2.04. The van der Waals surface area contributed by atoms with E-state index in [-0.39, 0.29) is 17.7 Å². The minimum atomic E-state index is -0.231. The van der Waals surface area contributed by atoms with Crippen LogP contribution in [-0.2, 0) is 9.53 Å². The second-order valence-electron chi connectivity index (χ2n) is 6.88. The van der Waals surface area contributed by atoms with E-state index in [0.29, 0.717) is 18.2 Å². The van der Waals surface area contributed by atoms with Gasteiger partial charge in [-0.05, 0) is 35.7 Å². The Morgan fingerprint density at radius 1 is 1.08 bits per heavy atom. The Balaban J connectivity index is 1.82. The number of nitrogens with zero attached hydrogens (tertiary/aromatic N) is 1. The summed E-state index contributed by atoms with van der Waals surface area (Å²) in [6.07, 6.45) is 0. The molecule has 3 rings (SSSR count). The fourth-order valence-electron chi connectivity index (χ4n) is 3.38. The first-order valence-corrected chi connectivity index (χ1v) is 9.42. The van der Waals surface area contributed by atoms with Gasteiger partial charge < -0.3 is 15.0 Å². The number of amides is 1. The molecular formula is C21H25ClN2O2. The van der Waals surface area contributed by atoms with Gasteiger partial charge in [0.25, 0.3) is 0 Å². The van der Waals surface area contributed by atoms with Gasteiger partial charge in [-0.15, -0.1) is 0 Å². The molecule has 1 aliphatic heterocycles. The van der Waals surface area contributed by atoms with Gasteiger partial charge in [0.1, 0.15) is 0 Å². The summed E-state index contributed by atoms with van der Waals surface area (Å²) in [5, 5.41) is 3.82. The van der Waals surface area contributed by atoms with Gasteiger partial charge in [-0.3, -0.25) is 4.79 Å². The second kappa shape index (κ2) is 8.56. The van der Waals surface area contributed by atoms with Gasteiger partial charge in [-0.25, -0.2) is 0 Å². The molecule has 4 nitrogen and oxygen atoms in total. The molecule has 0 saturated carbocycles. The van der Waals surface area contributed by atoms with Crippen LogP contribution in [0.4, 0.5) is 11.4 Å². The van der Waals surface area contributed by atoms with Crippen molar-refractivity contribution in [1.82, 2.24) is 0 Å². The van der Waals surface area contributed by atoms with Crippen molar-refractivity contribution in [3.63, 3.8) is 0 Å². The molecule has 1 N–H and O–H groups in total. The number of morpholine rings is 1. The maximum atomic E-state index is 13.1. The number of rotatable bonds is 5. The number of anilines is 2. The first kappa shape index (κ1) is 18.7. The molecule has 1 amide bonds. The summed E-state index contributed by atoms with van der Waals surface area (Å²) >= 11 is 6.00. The van der Waals surface area contributed by atoms with E-state index in [9.17, 15) is 4.79 Å². The molecule has 1 heterocycles. The van der Waals surface area contributed by atoms with Gasteiger partial charge in [0.2, 0.25) is 5.91 Å². The average Bonchev–Trinajstić information content (AvgIpc) is 2.64. The lowest BCUT2D eigenvalue weighted by Gasteiger charge is -2.31. The summed E-state index contributed by atoms with van der Waals surface area (Å²) in [5.74, 6) is -0.0558. The van der Waals surface area contributed by atoms with E-state index in [1.165, 1.54) is 0 Å². The van der Waals surface area contributed by atoms with Crippen molar-refractivity contribution >= 4 is 28.9 Å². The standard InChI is InChI=1S/C21H25ClN2O2/c1-15(2)20(16-7-9-17(22)10-8-16)21(25)23-18-5-3-4-6-19(18)24-11-13-26-14-12-24/h3-10,15,20H,11-14H2,1-2H3,(H,23,25)/t20-/m1/s1. The predicted molar refractivity (Wildman–Crippen MR) is 107 cm³/mol. The topological polar surface area (TPSA) is 41.6 Å². The van der Waals surface area contributed by atoms with Crippen LogP contribution in [0, 0.1) is 5.92 Å². The summed E-state index contributed by atoms with van der Waals surface area (Å²) in [6.45, 7) is 7.21. The minimum Gasteiger partial charge on any atom is -0.378 e. The molecule has 1 fully saturated rings. The molecule has 0 unspecified atom stereocenters. The quantitative estimate of drug-likeness (QED) is 0.836. The summed E-state index contributed by atoms with van der Waals surface area (Å²) in [4.78, 5) is 15.3. The highest BCUT2D eigenvalue weighted by molar-refractivity contribution is 6.30. The van der Waals surface area contributed by atoms with Gasteiger partial charge in [0.15, 0.2) is 0 Å². The maximum absolute atomic E-state index is 13.1. The molecule has 0 bridgehead atoms. The largest absolute Gasteiger partial charge is 0.378 e. The van der Waals surface area contributed by atoms with E-state index in [2.05, 4.69) is 24.1 Å². The van der Waals surface area contributed by atoms with Crippen molar-refractivity contribution in [2.75, 3.05) is 36.5 Å². The lowest BCUT2D eigenvalue weighted by Crippen LogP contribution is -2.37. The van der Waals surface area contributed by atoms with Crippen molar-refractivity contribution in [2.24, 2.45) is 5.92 Å². The van der Waals surface area contributed by atoms with Crippen LogP contribution in [0.25, 0.3) is 0 Å². The number of hydrogen-bond acceptors (Lipinski definition) is 3. The summed E-state index contributed by atoms with van der Waals surface area (Å²) in [7, 11) is 0. The predicted octanol–water partition coefficient (Wildman–Crippen LogP) is 4.55. The Morgan fingerprint density at radius 3 is 2.38 bits per heavy atom. The molecule has 26 heavy (non-hydrogen) atoms. The lowest BCUT2D eigenvalue weighted by atomic mass is 9.87. The van der Waals surface area contributed by atoms with Gasteiger partial charge in [-0.1, -0.05) is 49.7 Å². The fourth-order valence-corrected chi connectivity index (χ4v) is 3.50. The van der Waals surface area contributed by atoms with Crippen LogP contribution in [0.15, 0.2) is 48.5 Å². The number of ether oxygens (including phenoxy) is 1. The summed E-state index contributed by atoms with van der Waals surface area (Å²) < 4.78 is 5.44. The molecule has 138 valence electrons. The maximum Gasteiger partial charge on any atom is 0.232 e. The zero-order valence-corrected chi connectivity index (χ0v) is 16.0. The minimum absolute atomic E-state index is 0.00281. The third-order valence-corrected chi connectivity index (χ3v) is 4.94. The van der Waals surface area contributed by atoms with Crippen molar-refractivity contribution in [2.45, 2.75) is 19.8 Å². The van der Waals surface area contributed by atoms with Crippen LogP contribution in [-0.4, -0.2) is 32.2 Å². The zero-order chi connectivity index (χ0) is 18.5. The Morgan fingerprint density at radius 2 is 1.73 bits per heavy atom. The molecular weight excluding hydrogens is 348 g/mol. The fraction of sp³-hybridized carbons (Fsp3) is 0.381. The molecule has 1 atom stereocenters. The molecule has 0 aliphatic carbocycles. The number of para-hydroxylation sites is 2. The SMILES string of the molecule is CC(C)[C@@H](C(=O)Nc1ccccc1N1CCOCC1)c1ccc(Cl)cc1. The van der Waals surface area contributed by atoms with E-state index >= 15 is 0 Å². The third-order valence-electron chi connectivity index (χ3n) is 4.69. The van der Waals surface area contributed by atoms with E-state index in [1.807, 2.05) is 48.5 Å². The van der Waals surface area contributed by atoms with Crippen LogP contribution in [0.5, 0.6) is 0 Å². The van der Waals surface area contributed by atoms with Gasteiger partial charge in [0.05, 0.1) is 30.5 Å². The number of benzene rings is 2. The van der Waals surface area contributed by atoms with Crippen LogP contribution in [0.3, 0.4) is 0 Å². The Kier molecular flexibility index (Phi) is 6.17. The molecule has 0 radical (unpaired) electrons. The monoisotopic (exact) mass is 372 g/mol. The van der Waals surface area contributed by atoms with Crippen LogP contribution in [0.2, 0.25) is 5.02 Å². The first-order valence-electron chi connectivity index (χ1n) is 9.04. The molecule has 2 aromatic carbocycles. The second-order valence-corrected chi connectivity index (χ2v) is 7.32. The van der Waals surface area contributed by atoms with Gasteiger partial charge in [0, 0.05) is 18.1 Å². The highest BCUT2D eigenvalue weighted by Gasteiger charge is 2.25. The number of nitrogens with one attached hydrogen (secondary N) is 1. The van der Waals surface area contributed by atoms with E-state index in [1.54, 1.807) is 0 Å². The average molecular weight is 373 g/mol. The molecule has 1 saturated heterocycles. The van der Waals surface area contributed by atoms with Gasteiger partial charge >= 0.3 is 0 Å². The van der Waals surface area contributed by atoms with E-state index in [0.717, 1.165) is 30.0 Å². The highest BCUT2D eigenvalue weighted by Crippen LogP contribution is 2.31. The Bertz CT molecular complexity index is 740. The summed E-state index contributed by atoms with van der Waals surface area (Å²) in [6, 6.07) is 15.5. The normalized spacial score (nSPS) is 15.8. The van der Waals surface area contributed by atoms with Crippen molar-refractivity contribution < 1.29 is 9.53 Å². The molecule has 1 aliphatic rings. The molecule has 0 spiro atoms. The van der Waals surface area contributed by atoms with E-state index < -0.39 is 0 Å². The smallest absolute Gasteiger partial charge is 0.232 e. The van der Waals surface area contributed by atoms with Crippen LogP contribution < -0.4 is 10.2 Å². The lowest BCUT2D eigenvalue weighted by molar-refractivity contribution is -0.118. The number of carbonyl (C=O) groups excluding carboxylic acids is 1. The number of hydrogen-bond donors (Lipinski definition) is 1. The Labute approximate surface area is 160 Å². The first-order chi connectivity index (χ1) is 12.6. The molecule has 2 aromatic rings. The van der Waals surface area contributed by atoms with E-state index in [4.69, 9.17) is 16.3 Å². The summed E-state index contributed by atoms with van der Waals surface area (Å²) in [5.41, 5.74) is 2.87. The number of halogens is 1. The van der Waals surface area contributed by atoms with Crippen LogP contribution in [0.1, 0.15) is 25.3 Å². The van der Waals surface area contributed by atoms with Crippen molar-refractivity contribution in [3.8, 4) is 0 Å². The van der Waals surface area contributed by atoms with Crippen LogP contribution >= 0.6 is 11.6 Å². The number of carbonyl (C=O) groups is 1. The molecule has 5 heteroatoms. The third kappa shape index (κ3) is 4.37. The van der Waals surface area contributed by atoms with Crippen molar-refractivity contribution in [3.05, 3.63) is 59.1 Å². The zero-order valence-electron chi connectivity index (χ0n) is 15.2. The highest BCUT2D eigenvalue weighted by atomic mass is 35.5. The van der Waals surface area contributed by atoms with Crippen molar-refractivity contribution in [1.29, 1.82) is 0 Å².